The summed E-state index contributed by atoms with van der Waals surface area (Å²) in [5.74, 6) is 0. The Bertz CT molecular complexity index is 620. The number of hydrogen-bond donors (Lipinski definition) is 1. The van der Waals surface area contributed by atoms with Gasteiger partial charge in [-0.25, -0.2) is 0 Å². The van der Waals surface area contributed by atoms with Gasteiger partial charge in [0.15, 0.2) is 0 Å². The molecule has 1 aliphatic rings. The van der Waals surface area contributed by atoms with Crippen molar-refractivity contribution in [1.29, 1.82) is 5.26 Å². The van der Waals surface area contributed by atoms with Gasteiger partial charge < -0.3 is 14.6 Å². The molecule has 0 radical (unpaired) electrons. The number of aromatic nitrogens is 1. The number of fused-ring (bicyclic) bond motifs is 1. The summed E-state index contributed by atoms with van der Waals surface area (Å²) in [4.78, 5) is 0. The monoisotopic (exact) mass is 269 g/mol. The van der Waals surface area contributed by atoms with E-state index in [4.69, 9.17) is 10.00 Å². The Labute approximate surface area is 119 Å². The molecule has 3 rings (SSSR count). The summed E-state index contributed by atoms with van der Waals surface area (Å²) in [5.41, 5.74) is 1.87. The van der Waals surface area contributed by atoms with Gasteiger partial charge in [0.25, 0.3) is 0 Å². The molecule has 1 fully saturated rings. The summed E-state index contributed by atoms with van der Waals surface area (Å²) in [6.45, 7) is 3.67. The van der Waals surface area contributed by atoms with Crippen LogP contribution in [0.5, 0.6) is 0 Å². The number of benzene rings is 1. The first-order valence-corrected chi connectivity index (χ1v) is 7.19. The van der Waals surface area contributed by atoms with Crippen LogP contribution in [0.1, 0.15) is 18.4 Å². The molecule has 1 aromatic heterocycles. The van der Waals surface area contributed by atoms with Crippen LogP contribution in [0.3, 0.4) is 0 Å². The Morgan fingerprint density at radius 1 is 1.40 bits per heavy atom. The van der Waals surface area contributed by atoms with Crippen LogP contribution in [0.25, 0.3) is 10.9 Å². The number of rotatable bonds is 5. The number of nitrogens with one attached hydrogen (secondary N) is 1. The lowest BCUT2D eigenvalue weighted by atomic mass is 10.1. The first kappa shape index (κ1) is 13.2. The van der Waals surface area contributed by atoms with Gasteiger partial charge in [-0.2, -0.15) is 5.26 Å². The lowest BCUT2D eigenvalue weighted by molar-refractivity contribution is 0.110. The first-order valence-electron chi connectivity index (χ1n) is 7.19. The fraction of sp³-hybridized carbons (Fsp3) is 0.438. The van der Waals surface area contributed by atoms with E-state index in [1.165, 1.54) is 12.8 Å². The fourth-order valence-electron chi connectivity index (χ4n) is 2.78. The van der Waals surface area contributed by atoms with Crippen molar-refractivity contribution >= 4 is 10.9 Å². The van der Waals surface area contributed by atoms with Crippen LogP contribution < -0.4 is 5.32 Å². The van der Waals surface area contributed by atoms with Crippen LogP contribution in [0.2, 0.25) is 0 Å². The van der Waals surface area contributed by atoms with Gasteiger partial charge in [-0.05, 0) is 31.0 Å². The third-order valence-corrected chi connectivity index (χ3v) is 3.86. The minimum absolute atomic E-state index is 0.390. The maximum Gasteiger partial charge on any atom is 0.0998 e. The average Bonchev–Trinajstić information content (AvgIpc) is 3.13. The zero-order valence-electron chi connectivity index (χ0n) is 11.5. The standard InChI is InChI=1S/C16H19N3O/c17-11-13-3-1-5-16-15(13)6-8-19(16)9-7-18-12-14-4-2-10-20-14/h1,3,5-6,8,14,18H,2,4,7,9-10,12H2. The molecule has 0 aliphatic carbocycles. The Hall–Kier alpha value is -1.83. The molecule has 1 unspecified atom stereocenters. The molecule has 0 amide bonds. The second-order valence-electron chi connectivity index (χ2n) is 5.20. The molecule has 1 aliphatic heterocycles. The lowest BCUT2D eigenvalue weighted by Crippen LogP contribution is -2.28. The van der Waals surface area contributed by atoms with Crippen molar-refractivity contribution in [1.82, 2.24) is 9.88 Å². The number of hydrogen-bond acceptors (Lipinski definition) is 3. The first-order chi connectivity index (χ1) is 9.88. The van der Waals surface area contributed by atoms with Crippen molar-refractivity contribution < 1.29 is 4.74 Å². The van der Waals surface area contributed by atoms with Crippen molar-refractivity contribution in [3.8, 4) is 6.07 Å². The molecular weight excluding hydrogens is 250 g/mol. The molecule has 1 N–H and O–H groups in total. The van der Waals surface area contributed by atoms with Gasteiger partial charge in [-0.15, -0.1) is 0 Å². The average molecular weight is 269 g/mol. The maximum absolute atomic E-state index is 9.09. The molecular formula is C16H19N3O. The van der Waals surface area contributed by atoms with Gasteiger partial charge in [-0.1, -0.05) is 6.07 Å². The Kier molecular flexibility index (Phi) is 4.00. The van der Waals surface area contributed by atoms with Crippen molar-refractivity contribution in [2.24, 2.45) is 0 Å². The van der Waals surface area contributed by atoms with Gasteiger partial charge in [0.05, 0.1) is 17.7 Å². The van der Waals surface area contributed by atoms with Crippen LogP contribution in [0.15, 0.2) is 30.5 Å². The zero-order chi connectivity index (χ0) is 13.8. The van der Waals surface area contributed by atoms with Gasteiger partial charge in [0, 0.05) is 43.3 Å². The van der Waals surface area contributed by atoms with E-state index in [0.29, 0.717) is 6.10 Å². The second-order valence-corrected chi connectivity index (χ2v) is 5.20. The zero-order valence-corrected chi connectivity index (χ0v) is 11.5. The lowest BCUT2D eigenvalue weighted by Gasteiger charge is -2.11. The summed E-state index contributed by atoms with van der Waals surface area (Å²) >= 11 is 0. The van der Waals surface area contributed by atoms with Gasteiger partial charge in [-0.3, -0.25) is 0 Å². The quantitative estimate of drug-likeness (QED) is 0.847. The minimum Gasteiger partial charge on any atom is -0.377 e. The normalized spacial score (nSPS) is 18.4. The third-order valence-electron chi connectivity index (χ3n) is 3.86. The van der Waals surface area contributed by atoms with E-state index in [1.807, 2.05) is 18.2 Å². The summed E-state index contributed by atoms with van der Waals surface area (Å²) in [6.07, 6.45) is 4.80. The van der Waals surface area contributed by atoms with Gasteiger partial charge >= 0.3 is 0 Å². The Morgan fingerprint density at radius 3 is 3.15 bits per heavy atom. The Balaban J connectivity index is 1.59. The van der Waals surface area contributed by atoms with E-state index >= 15 is 0 Å². The summed E-state index contributed by atoms with van der Waals surface area (Å²) in [6, 6.07) is 10.1. The van der Waals surface area contributed by atoms with E-state index in [2.05, 4.69) is 28.2 Å². The molecule has 0 bridgehead atoms. The highest BCUT2D eigenvalue weighted by Gasteiger charge is 2.14. The predicted octanol–water partition coefficient (Wildman–Crippen LogP) is 2.28. The highest BCUT2D eigenvalue weighted by Crippen LogP contribution is 2.19. The third kappa shape index (κ3) is 2.69. The number of nitrogens with zero attached hydrogens (tertiary/aromatic N) is 2. The predicted molar refractivity (Wildman–Crippen MR) is 78.5 cm³/mol. The topological polar surface area (TPSA) is 50.0 Å². The van der Waals surface area contributed by atoms with E-state index in [1.54, 1.807) is 0 Å². The van der Waals surface area contributed by atoms with Crippen LogP contribution in [0, 0.1) is 11.3 Å². The molecule has 104 valence electrons. The highest BCUT2D eigenvalue weighted by atomic mass is 16.5. The largest absolute Gasteiger partial charge is 0.377 e. The van der Waals surface area contributed by atoms with Crippen LogP contribution in [-0.4, -0.2) is 30.4 Å². The van der Waals surface area contributed by atoms with Crippen molar-refractivity contribution in [3.05, 3.63) is 36.0 Å². The van der Waals surface area contributed by atoms with Crippen LogP contribution >= 0.6 is 0 Å². The summed E-state index contributed by atoms with van der Waals surface area (Å²) in [5, 5.41) is 13.6. The van der Waals surface area contributed by atoms with Crippen molar-refractivity contribution in [2.45, 2.75) is 25.5 Å². The number of nitriles is 1. The van der Waals surface area contributed by atoms with Crippen LogP contribution in [0.4, 0.5) is 0 Å². The van der Waals surface area contributed by atoms with E-state index in [9.17, 15) is 0 Å². The SMILES string of the molecule is N#Cc1cccc2c1ccn2CCNCC1CCCO1. The molecule has 1 aromatic carbocycles. The van der Waals surface area contributed by atoms with Crippen molar-refractivity contribution in [2.75, 3.05) is 19.7 Å². The Morgan fingerprint density at radius 2 is 2.35 bits per heavy atom. The van der Waals surface area contributed by atoms with Crippen molar-refractivity contribution in [3.63, 3.8) is 0 Å². The summed E-state index contributed by atoms with van der Waals surface area (Å²) in [7, 11) is 0. The van der Waals surface area contributed by atoms with E-state index in [0.717, 1.165) is 42.7 Å². The molecule has 4 heteroatoms. The molecule has 1 saturated heterocycles. The molecule has 2 aromatic rings. The van der Waals surface area contributed by atoms with Crippen LogP contribution in [-0.2, 0) is 11.3 Å². The smallest absolute Gasteiger partial charge is 0.0998 e. The highest BCUT2D eigenvalue weighted by molar-refractivity contribution is 5.85. The fourth-order valence-corrected chi connectivity index (χ4v) is 2.78. The number of ether oxygens (including phenoxy) is 1. The van der Waals surface area contributed by atoms with E-state index < -0.39 is 0 Å². The molecule has 20 heavy (non-hydrogen) atoms. The second kappa shape index (κ2) is 6.08. The van der Waals surface area contributed by atoms with Gasteiger partial charge in [0.1, 0.15) is 0 Å². The maximum atomic E-state index is 9.09. The summed E-state index contributed by atoms with van der Waals surface area (Å²) < 4.78 is 7.78. The minimum atomic E-state index is 0.390. The molecule has 0 saturated carbocycles. The molecule has 2 heterocycles. The van der Waals surface area contributed by atoms with Gasteiger partial charge in [0.2, 0.25) is 0 Å². The van der Waals surface area contributed by atoms with E-state index in [-0.39, 0.29) is 0 Å². The molecule has 1 atom stereocenters. The molecule has 4 nitrogen and oxygen atoms in total. The molecule has 0 spiro atoms.